The number of rotatable bonds is 4. The smallest absolute Gasteiger partial charge is 0.285 e. The number of carbonyl (C=O) groups is 2. The van der Waals surface area contributed by atoms with Gasteiger partial charge < -0.3 is 4.74 Å². The number of hydrogen-bond acceptors (Lipinski definition) is 5. The summed E-state index contributed by atoms with van der Waals surface area (Å²) in [4.78, 5) is 25.3. The lowest BCUT2D eigenvalue weighted by Crippen LogP contribution is -2.44. The number of para-hydroxylation sites is 1. The van der Waals surface area contributed by atoms with E-state index in [-0.39, 0.29) is 15.7 Å². The van der Waals surface area contributed by atoms with Gasteiger partial charge in [-0.15, -0.1) is 0 Å². The zero-order chi connectivity index (χ0) is 18.7. The highest BCUT2D eigenvalue weighted by Crippen LogP contribution is 2.31. The van der Waals surface area contributed by atoms with Crippen molar-refractivity contribution < 1.29 is 18.7 Å². The summed E-state index contributed by atoms with van der Waals surface area (Å²) in [6, 6.07) is 12.4. The van der Waals surface area contributed by atoms with E-state index in [2.05, 4.69) is 5.43 Å². The highest BCUT2D eigenvalue weighted by Gasteiger charge is 2.34. The van der Waals surface area contributed by atoms with Crippen LogP contribution in [0.5, 0.6) is 5.75 Å². The number of methoxy groups -OCH3 is 1. The largest absolute Gasteiger partial charge is 0.496 e. The summed E-state index contributed by atoms with van der Waals surface area (Å²) in [7, 11) is 1.46. The summed E-state index contributed by atoms with van der Waals surface area (Å²) < 4.78 is 18.3. The zero-order valence-corrected chi connectivity index (χ0v) is 15.2. The van der Waals surface area contributed by atoms with Crippen LogP contribution in [0.2, 0.25) is 0 Å². The van der Waals surface area contributed by atoms with Crippen molar-refractivity contribution in [2.24, 2.45) is 0 Å². The van der Waals surface area contributed by atoms with Gasteiger partial charge in [0.25, 0.3) is 11.8 Å². The van der Waals surface area contributed by atoms with Gasteiger partial charge in [0.1, 0.15) is 11.6 Å². The lowest BCUT2D eigenvalue weighted by Gasteiger charge is -2.16. The van der Waals surface area contributed by atoms with E-state index in [1.165, 1.54) is 19.2 Å². The number of benzene rings is 2. The monoisotopic (exact) mass is 388 g/mol. The summed E-state index contributed by atoms with van der Waals surface area (Å²) in [5.74, 6) is -0.939. The lowest BCUT2D eigenvalue weighted by molar-refractivity contribution is -0.123. The highest BCUT2D eigenvalue weighted by molar-refractivity contribution is 8.26. The summed E-state index contributed by atoms with van der Waals surface area (Å²) in [5.41, 5.74) is 3.44. The number of ether oxygens (including phenoxy) is 1. The fourth-order valence-electron chi connectivity index (χ4n) is 2.27. The van der Waals surface area contributed by atoms with Crippen LogP contribution in [0, 0.1) is 5.82 Å². The first-order valence-electron chi connectivity index (χ1n) is 7.47. The molecule has 1 aliphatic rings. The van der Waals surface area contributed by atoms with Crippen molar-refractivity contribution in [3.63, 3.8) is 0 Å². The second kappa shape index (κ2) is 7.67. The van der Waals surface area contributed by atoms with Crippen LogP contribution in [-0.4, -0.2) is 28.3 Å². The van der Waals surface area contributed by atoms with E-state index in [1.807, 2.05) is 0 Å². The average Bonchev–Trinajstić information content (AvgIpc) is 2.91. The van der Waals surface area contributed by atoms with Crippen LogP contribution < -0.4 is 10.2 Å². The molecule has 1 N–H and O–H groups in total. The maximum atomic E-state index is 13.0. The number of halogens is 1. The van der Waals surface area contributed by atoms with E-state index in [0.29, 0.717) is 16.2 Å². The van der Waals surface area contributed by atoms with Gasteiger partial charge in [-0.05, 0) is 48.1 Å². The summed E-state index contributed by atoms with van der Waals surface area (Å²) in [6.45, 7) is 0. The lowest BCUT2D eigenvalue weighted by atomic mass is 10.2. The molecule has 0 radical (unpaired) electrons. The molecule has 5 nitrogen and oxygen atoms in total. The van der Waals surface area contributed by atoms with E-state index < -0.39 is 11.8 Å². The molecular weight excluding hydrogens is 375 g/mol. The molecule has 1 aliphatic heterocycles. The molecule has 0 unspecified atom stereocenters. The quantitative estimate of drug-likeness (QED) is 0.643. The van der Waals surface area contributed by atoms with E-state index in [1.54, 1.807) is 42.5 Å². The third kappa shape index (κ3) is 3.76. The van der Waals surface area contributed by atoms with Gasteiger partial charge in [0.2, 0.25) is 0 Å². The van der Waals surface area contributed by atoms with Gasteiger partial charge in [-0.1, -0.05) is 36.0 Å². The fourth-order valence-corrected chi connectivity index (χ4v) is 3.45. The Morgan fingerprint density at radius 3 is 2.62 bits per heavy atom. The first kappa shape index (κ1) is 18.1. The Hall–Kier alpha value is -2.71. The number of hydrogen-bond donors (Lipinski definition) is 1. The molecule has 0 atom stereocenters. The summed E-state index contributed by atoms with van der Waals surface area (Å²) in [6.07, 6.45) is 1.59. The molecule has 132 valence electrons. The molecule has 0 aromatic heterocycles. The van der Waals surface area contributed by atoms with Gasteiger partial charge in [0, 0.05) is 0 Å². The van der Waals surface area contributed by atoms with Crippen molar-refractivity contribution in [3.05, 3.63) is 70.4 Å². The normalized spacial score (nSPS) is 15.5. The minimum Gasteiger partial charge on any atom is -0.496 e. The molecule has 2 aromatic rings. The van der Waals surface area contributed by atoms with Gasteiger partial charge in [0.05, 0.1) is 17.6 Å². The maximum Gasteiger partial charge on any atom is 0.285 e. The SMILES string of the molecule is COc1ccccc1C(=O)NN1C(=O)C(=Cc2ccc(F)cc2)SC1=S. The second-order valence-corrected chi connectivity index (χ2v) is 6.89. The summed E-state index contributed by atoms with van der Waals surface area (Å²) >= 11 is 6.24. The molecule has 0 saturated carbocycles. The molecule has 0 bridgehead atoms. The number of carbonyl (C=O) groups excluding carboxylic acids is 2. The third-order valence-corrected chi connectivity index (χ3v) is 4.83. The molecule has 26 heavy (non-hydrogen) atoms. The highest BCUT2D eigenvalue weighted by atomic mass is 32.2. The Kier molecular flexibility index (Phi) is 5.34. The van der Waals surface area contributed by atoms with Crippen LogP contribution in [0.15, 0.2) is 53.4 Å². The van der Waals surface area contributed by atoms with Crippen molar-refractivity contribution in [2.75, 3.05) is 7.11 Å². The molecule has 0 spiro atoms. The number of amides is 2. The fraction of sp³-hybridized carbons (Fsp3) is 0.0556. The molecule has 2 aromatic carbocycles. The number of nitrogens with zero attached hydrogens (tertiary/aromatic N) is 1. The van der Waals surface area contributed by atoms with Crippen LogP contribution in [0.3, 0.4) is 0 Å². The maximum absolute atomic E-state index is 13.0. The minimum absolute atomic E-state index is 0.201. The number of thiocarbonyl (C=S) groups is 1. The zero-order valence-electron chi connectivity index (χ0n) is 13.6. The minimum atomic E-state index is -0.512. The van der Waals surface area contributed by atoms with Gasteiger partial charge in [-0.25, -0.2) is 4.39 Å². The topological polar surface area (TPSA) is 58.6 Å². The van der Waals surface area contributed by atoms with Gasteiger partial charge in [-0.3, -0.25) is 15.0 Å². The Balaban J connectivity index is 1.79. The van der Waals surface area contributed by atoms with Crippen LogP contribution in [0.25, 0.3) is 6.08 Å². The van der Waals surface area contributed by atoms with Crippen LogP contribution >= 0.6 is 24.0 Å². The Morgan fingerprint density at radius 2 is 1.92 bits per heavy atom. The second-order valence-electron chi connectivity index (χ2n) is 5.21. The molecule has 3 rings (SSSR count). The standard InChI is InChI=1S/C18H13FN2O3S2/c1-24-14-5-3-2-4-13(14)16(22)20-21-17(23)15(26-18(21)25)10-11-6-8-12(19)9-7-11/h2-10H,1H3,(H,20,22). The van der Waals surface area contributed by atoms with Gasteiger partial charge in [-0.2, -0.15) is 5.01 Å². The average molecular weight is 388 g/mol. The number of nitrogens with one attached hydrogen (secondary N) is 1. The Bertz CT molecular complexity index is 913. The molecular formula is C18H13FN2O3S2. The molecule has 2 amide bonds. The van der Waals surface area contributed by atoms with E-state index in [9.17, 15) is 14.0 Å². The van der Waals surface area contributed by atoms with Crippen molar-refractivity contribution >= 4 is 46.2 Å². The van der Waals surface area contributed by atoms with Crippen molar-refractivity contribution in [2.45, 2.75) is 0 Å². The number of hydrazine groups is 1. The summed E-state index contributed by atoms with van der Waals surface area (Å²) in [5, 5.41) is 1.02. The predicted molar refractivity (Wildman–Crippen MR) is 102 cm³/mol. The van der Waals surface area contributed by atoms with Gasteiger partial charge in [0.15, 0.2) is 4.32 Å². The number of thioether (sulfide) groups is 1. The Morgan fingerprint density at radius 1 is 1.23 bits per heavy atom. The molecule has 1 heterocycles. The molecule has 8 heteroatoms. The molecule has 0 aliphatic carbocycles. The van der Waals surface area contributed by atoms with Crippen LogP contribution in [0.4, 0.5) is 4.39 Å². The van der Waals surface area contributed by atoms with Crippen LogP contribution in [0.1, 0.15) is 15.9 Å². The van der Waals surface area contributed by atoms with Gasteiger partial charge >= 0.3 is 0 Å². The van der Waals surface area contributed by atoms with Crippen molar-refractivity contribution in [3.8, 4) is 5.75 Å². The van der Waals surface area contributed by atoms with E-state index >= 15 is 0 Å². The molecule has 1 saturated heterocycles. The van der Waals surface area contributed by atoms with E-state index in [0.717, 1.165) is 16.8 Å². The van der Waals surface area contributed by atoms with Crippen molar-refractivity contribution in [1.82, 2.24) is 10.4 Å². The first-order valence-corrected chi connectivity index (χ1v) is 8.69. The predicted octanol–water partition coefficient (Wildman–Crippen LogP) is 3.38. The van der Waals surface area contributed by atoms with E-state index in [4.69, 9.17) is 17.0 Å². The van der Waals surface area contributed by atoms with Crippen LogP contribution in [-0.2, 0) is 4.79 Å². The first-order chi connectivity index (χ1) is 12.5. The molecule has 1 fully saturated rings. The Labute approximate surface area is 158 Å². The van der Waals surface area contributed by atoms with Crippen molar-refractivity contribution in [1.29, 1.82) is 0 Å². The third-order valence-electron chi connectivity index (χ3n) is 3.53.